The average molecular weight is 429 g/mol. The van der Waals surface area contributed by atoms with E-state index < -0.39 is 30.7 Å². The third-order valence-electron chi connectivity index (χ3n) is 5.32. The highest BCUT2D eigenvalue weighted by atomic mass is 35.5. The molecule has 2 unspecified atom stereocenters. The van der Waals surface area contributed by atoms with E-state index in [9.17, 15) is 22.8 Å². The van der Waals surface area contributed by atoms with E-state index in [0.717, 1.165) is 32.1 Å². The third-order valence-corrected chi connectivity index (χ3v) is 5.32. The van der Waals surface area contributed by atoms with E-state index >= 15 is 0 Å². The molecule has 6 nitrogen and oxygen atoms in total. The predicted molar refractivity (Wildman–Crippen MR) is 103 cm³/mol. The number of hydrogen-bond acceptors (Lipinski definition) is 4. The fourth-order valence-corrected chi connectivity index (χ4v) is 3.78. The monoisotopic (exact) mass is 428 g/mol. The molecule has 2 atom stereocenters. The summed E-state index contributed by atoms with van der Waals surface area (Å²) in [6, 6.07) is -2.08. The lowest BCUT2D eigenvalue weighted by atomic mass is 9.88. The summed E-state index contributed by atoms with van der Waals surface area (Å²) < 4.78 is 40.0. The number of rotatable bonds is 7. The second-order valence-electron chi connectivity index (χ2n) is 7.60. The lowest BCUT2D eigenvalue weighted by molar-refractivity contribution is -0.184. The molecule has 1 aliphatic heterocycles. The number of amides is 2. The van der Waals surface area contributed by atoms with Crippen molar-refractivity contribution < 1.29 is 22.8 Å². The maximum absolute atomic E-state index is 13.3. The molecule has 10 heteroatoms. The summed E-state index contributed by atoms with van der Waals surface area (Å²) >= 11 is 0. The zero-order valence-corrected chi connectivity index (χ0v) is 17.1. The molecule has 2 amide bonds. The van der Waals surface area contributed by atoms with Gasteiger partial charge in [0.05, 0.1) is 0 Å². The molecule has 0 spiro atoms. The Hall–Kier alpha value is -1.06. The highest BCUT2D eigenvalue weighted by Crippen LogP contribution is 2.25. The molecule has 2 rings (SSSR count). The molecule has 164 valence electrons. The first-order chi connectivity index (χ1) is 12.8. The Morgan fingerprint density at radius 1 is 1.14 bits per heavy atom. The predicted octanol–water partition coefficient (Wildman–Crippen LogP) is 1.84. The van der Waals surface area contributed by atoms with Gasteiger partial charge in [-0.25, -0.2) is 0 Å². The maximum atomic E-state index is 13.3. The second kappa shape index (κ2) is 11.8. The van der Waals surface area contributed by atoms with Crippen molar-refractivity contribution in [1.29, 1.82) is 0 Å². The molecule has 0 aromatic rings. The van der Waals surface area contributed by atoms with E-state index in [2.05, 4.69) is 16.0 Å². The largest absolute Gasteiger partial charge is 0.405 e. The van der Waals surface area contributed by atoms with E-state index in [-0.39, 0.29) is 30.7 Å². The summed E-state index contributed by atoms with van der Waals surface area (Å²) in [5.74, 6) is -0.536. The van der Waals surface area contributed by atoms with Gasteiger partial charge in [-0.3, -0.25) is 14.5 Å². The van der Waals surface area contributed by atoms with Crippen LogP contribution in [0.2, 0.25) is 0 Å². The minimum atomic E-state index is -4.40. The van der Waals surface area contributed by atoms with Crippen molar-refractivity contribution in [2.75, 3.05) is 32.7 Å². The topological polar surface area (TPSA) is 73.5 Å². The molecular weight excluding hydrogens is 397 g/mol. The fraction of sp³-hybridized carbons (Fsp3) is 0.889. The van der Waals surface area contributed by atoms with Gasteiger partial charge in [0.15, 0.2) is 0 Å². The minimum absolute atomic E-state index is 0. The number of nitrogens with zero attached hydrogens (tertiary/aromatic N) is 1. The van der Waals surface area contributed by atoms with Gasteiger partial charge in [-0.2, -0.15) is 13.2 Å². The van der Waals surface area contributed by atoms with Crippen molar-refractivity contribution in [3.05, 3.63) is 0 Å². The van der Waals surface area contributed by atoms with Crippen LogP contribution in [0.25, 0.3) is 0 Å². The van der Waals surface area contributed by atoms with Crippen LogP contribution in [0.15, 0.2) is 0 Å². The number of carbonyl (C=O) groups excluding carboxylic acids is 2. The van der Waals surface area contributed by atoms with Crippen molar-refractivity contribution in [1.82, 2.24) is 20.9 Å². The number of piperazine rings is 1. The second-order valence-corrected chi connectivity index (χ2v) is 7.60. The highest BCUT2D eigenvalue weighted by Gasteiger charge is 2.43. The van der Waals surface area contributed by atoms with Crippen molar-refractivity contribution in [2.45, 2.75) is 63.7 Å². The zero-order valence-electron chi connectivity index (χ0n) is 16.3. The van der Waals surface area contributed by atoms with Crippen LogP contribution in [0.4, 0.5) is 13.2 Å². The Balaban J connectivity index is 0.00000392. The van der Waals surface area contributed by atoms with Crippen molar-refractivity contribution in [2.24, 2.45) is 5.92 Å². The standard InChI is InChI=1S/C18H31F3N4O2.ClH/c1-13(24-17(27)14-5-3-2-4-6-14)11-16(26)23-12-15(18(19,20)21)25-9-7-22-8-10-25;/h13-15,22H,2-12H2,1H3,(H,23,26)(H,24,27);1H. The molecule has 2 aliphatic rings. The Morgan fingerprint density at radius 3 is 2.32 bits per heavy atom. The SMILES string of the molecule is CC(CC(=O)NCC(N1CCNCC1)C(F)(F)F)NC(=O)C1CCCCC1.Cl. The number of alkyl halides is 3. The Labute approximate surface area is 170 Å². The van der Waals surface area contributed by atoms with Gasteiger partial charge < -0.3 is 16.0 Å². The molecule has 1 saturated heterocycles. The number of carbonyl (C=O) groups is 2. The highest BCUT2D eigenvalue weighted by molar-refractivity contribution is 5.85. The summed E-state index contributed by atoms with van der Waals surface area (Å²) in [5, 5.41) is 8.24. The molecule has 0 aromatic heterocycles. The smallest absolute Gasteiger partial charge is 0.354 e. The van der Waals surface area contributed by atoms with Crippen LogP contribution in [0.5, 0.6) is 0 Å². The van der Waals surface area contributed by atoms with E-state index in [1.807, 2.05) is 0 Å². The molecular formula is C18H32ClF3N4O2. The third kappa shape index (κ3) is 8.13. The number of nitrogens with one attached hydrogen (secondary N) is 3. The molecule has 0 bridgehead atoms. The first-order valence-electron chi connectivity index (χ1n) is 9.86. The Kier molecular flexibility index (Phi) is 10.5. The van der Waals surface area contributed by atoms with Gasteiger partial charge in [0, 0.05) is 51.1 Å². The van der Waals surface area contributed by atoms with Gasteiger partial charge in [-0.1, -0.05) is 19.3 Å². The summed E-state index contributed by atoms with van der Waals surface area (Å²) in [4.78, 5) is 25.6. The molecule has 1 saturated carbocycles. The van der Waals surface area contributed by atoms with E-state index in [1.54, 1.807) is 6.92 Å². The van der Waals surface area contributed by atoms with Gasteiger partial charge in [0.2, 0.25) is 11.8 Å². The Bertz CT molecular complexity index is 496. The van der Waals surface area contributed by atoms with Crippen LogP contribution in [-0.2, 0) is 9.59 Å². The van der Waals surface area contributed by atoms with Gasteiger partial charge in [-0.05, 0) is 19.8 Å². The van der Waals surface area contributed by atoms with Crippen LogP contribution in [-0.4, -0.2) is 67.7 Å². The first-order valence-corrected chi connectivity index (χ1v) is 9.86. The lowest BCUT2D eigenvalue weighted by Gasteiger charge is -2.36. The fourth-order valence-electron chi connectivity index (χ4n) is 3.78. The summed E-state index contributed by atoms with van der Waals surface area (Å²) in [5.41, 5.74) is 0. The minimum Gasteiger partial charge on any atom is -0.354 e. The van der Waals surface area contributed by atoms with Crippen LogP contribution in [0, 0.1) is 5.92 Å². The summed E-state index contributed by atoms with van der Waals surface area (Å²) in [7, 11) is 0. The molecule has 28 heavy (non-hydrogen) atoms. The van der Waals surface area contributed by atoms with Gasteiger partial charge in [0.25, 0.3) is 0 Å². The lowest BCUT2D eigenvalue weighted by Crippen LogP contribution is -2.57. The van der Waals surface area contributed by atoms with Crippen LogP contribution in [0.3, 0.4) is 0 Å². The first kappa shape index (κ1) is 25.0. The zero-order chi connectivity index (χ0) is 19.9. The van der Waals surface area contributed by atoms with Crippen molar-refractivity contribution in [3.8, 4) is 0 Å². The summed E-state index contributed by atoms with van der Waals surface area (Å²) in [6.45, 7) is 2.85. The number of halogens is 4. The summed E-state index contributed by atoms with van der Waals surface area (Å²) in [6.07, 6.45) is 0.534. The average Bonchev–Trinajstić information content (AvgIpc) is 2.62. The maximum Gasteiger partial charge on any atom is 0.405 e. The molecule has 0 radical (unpaired) electrons. The quantitative estimate of drug-likeness (QED) is 0.578. The molecule has 1 heterocycles. The van der Waals surface area contributed by atoms with Crippen LogP contribution in [0.1, 0.15) is 45.4 Å². The van der Waals surface area contributed by atoms with Crippen molar-refractivity contribution >= 4 is 24.2 Å². The Morgan fingerprint density at radius 2 is 1.75 bits per heavy atom. The normalized spacial score (nSPS) is 21.3. The van der Waals surface area contributed by atoms with Crippen molar-refractivity contribution in [3.63, 3.8) is 0 Å². The van der Waals surface area contributed by atoms with E-state index in [4.69, 9.17) is 0 Å². The van der Waals surface area contributed by atoms with Gasteiger partial charge >= 0.3 is 6.18 Å². The molecule has 2 fully saturated rings. The molecule has 0 aromatic carbocycles. The van der Waals surface area contributed by atoms with Crippen LogP contribution < -0.4 is 16.0 Å². The van der Waals surface area contributed by atoms with Gasteiger partial charge in [-0.15, -0.1) is 12.4 Å². The number of hydrogen-bond donors (Lipinski definition) is 3. The van der Waals surface area contributed by atoms with Crippen LogP contribution >= 0.6 is 12.4 Å². The van der Waals surface area contributed by atoms with Gasteiger partial charge in [0.1, 0.15) is 6.04 Å². The van der Waals surface area contributed by atoms with E-state index in [1.165, 1.54) is 4.90 Å². The molecule has 1 aliphatic carbocycles. The molecule has 3 N–H and O–H groups in total. The van der Waals surface area contributed by atoms with E-state index in [0.29, 0.717) is 26.2 Å².